The van der Waals surface area contributed by atoms with Gasteiger partial charge >= 0.3 is 0 Å². The second-order valence-corrected chi connectivity index (χ2v) is 6.90. The Morgan fingerprint density at radius 1 is 1.07 bits per heavy atom. The van der Waals surface area contributed by atoms with Crippen molar-refractivity contribution in [2.24, 2.45) is 0 Å². The van der Waals surface area contributed by atoms with Crippen LogP contribution in [0.3, 0.4) is 0 Å². The van der Waals surface area contributed by atoms with E-state index in [4.69, 9.17) is 4.74 Å². The molecular formula is C22H23N3O2. The molecule has 0 saturated heterocycles. The van der Waals surface area contributed by atoms with Gasteiger partial charge in [-0.25, -0.2) is 0 Å². The van der Waals surface area contributed by atoms with Crippen LogP contribution in [0.25, 0.3) is 0 Å². The number of carbonyl (C=O) groups excluding carboxylic acids is 1. The van der Waals surface area contributed by atoms with Crippen molar-refractivity contribution in [1.82, 2.24) is 9.78 Å². The van der Waals surface area contributed by atoms with Crippen LogP contribution in [0.1, 0.15) is 41.6 Å². The summed E-state index contributed by atoms with van der Waals surface area (Å²) in [5, 5.41) is 7.12. The fourth-order valence-corrected chi connectivity index (χ4v) is 3.36. The van der Waals surface area contributed by atoms with Gasteiger partial charge in [-0.3, -0.25) is 9.48 Å². The molecule has 1 fully saturated rings. The summed E-state index contributed by atoms with van der Waals surface area (Å²) in [5.41, 5.74) is 2.49. The summed E-state index contributed by atoms with van der Waals surface area (Å²) in [6.45, 7) is 0.692. The number of nitrogens with one attached hydrogen (secondary N) is 1. The smallest absolute Gasteiger partial charge is 0.255 e. The van der Waals surface area contributed by atoms with Crippen LogP contribution in [0.2, 0.25) is 0 Å². The Labute approximate surface area is 159 Å². The van der Waals surface area contributed by atoms with E-state index in [0.29, 0.717) is 18.2 Å². The maximum Gasteiger partial charge on any atom is 0.255 e. The van der Waals surface area contributed by atoms with Crippen molar-refractivity contribution in [2.75, 3.05) is 5.32 Å². The normalized spacial score (nSPS) is 14.2. The predicted molar refractivity (Wildman–Crippen MR) is 105 cm³/mol. The monoisotopic (exact) mass is 361 g/mol. The van der Waals surface area contributed by atoms with Gasteiger partial charge in [0.15, 0.2) is 0 Å². The lowest BCUT2D eigenvalue weighted by molar-refractivity contribution is 0.102. The Hall–Kier alpha value is -3.08. The molecule has 27 heavy (non-hydrogen) atoms. The summed E-state index contributed by atoms with van der Waals surface area (Å²) >= 11 is 0. The van der Waals surface area contributed by atoms with Crippen molar-refractivity contribution in [3.63, 3.8) is 0 Å². The van der Waals surface area contributed by atoms with Crippen molar-refractivity contribution in [2.45, 2.75) is 38.3 Å². The van der Waals surface area contributed by atoms with Gasteiger partial charge in [-0.15, -0.1) is 0 Å². The molecule has 5 heteroatoms. The fraction of sp³-hybridized carbons (Fsp3) is 0.273. The number of aromatic nitrogens is 2. The van der Waals surface area contributed by atoms with Crippen molar-refractivity contribution >= 4 is 11.6 Å². The molecular weight excluding hydrogens is 338 g/mol. The van der Waals surface area contributed by atoms with E-state index in [-0.39, 0.29) is 5.91 Å². The van der Waals surface area contributed by atoms with Crippen molar-refractivity contribution in [3.8, 4) is 5.75 Å². The number of hydrogen-bond donors (Lipinski definition) is 1. The summed E-state index contributed by atoms with van der Waals surface area (Å²) in [5.74, 6) is 0.743. The summed E-state index contributed by atoms with van der Waals surface area (Å²) in [7, 11) is 0. The van der Waals surface area contributed by atoms with Gasteiger partial charge in [-0.2, -0.15) is 5.10 Å². The molecule has 0 spiro atoms. The zero-order chi connectivity index (χ0) is 18.5. The highest BCUT2D eigenvalue weighted by molar-refractivity contribution is 6.04. The lowest BCUT2D eigenvalue weighted by Gasteiger charge is -2.13. The van der Waals surface area contributed by atoms with E-state index >= 15 is 0 Å². The molecule has 1 aliphatic rings. The number of hydrogen-bond acceptors (Lipinski definition) is 3. The minimum Gasteiger partial charge on any atom is -0.490 e. The molecule has 1 saturated carbocycles. The van der Waals surface area contributed by atoms with Gasteiger partial charge in [0.1, 0.15) is 5.75 Å². The lowest BCUT2D eigenvalue weighted by Crippen LogP contribution is -2.13. The first-order chi connectivity index (χ1) is 13.3. The Morgan fingerprint density at radius 3 is 2.48 bits per heavy atom. The number of rotatable bonds is 6. The summed E-state index contributed by atoms with van der Waals surface area (Å²) in [4.78, 5) is 12.4. The van der Waals surface area contributed by atoms with Crippen LogP contribution in [0.15, 0.2) is 67.0 Å². The second kappa shape index (κ2) is 8.08. The van der Waals surface area contributed by atoms with Crippen LogP contribution in [0.5, 0.6) is 5.75 Å². The fourth-order valence-electron chi connectivity index (χ4n) is 3.36. The molecule has 1 aliphatic carbocycles. The first-order valence-corrected chi connectivity index (χ1v) is 9.41. The summed E-state index contributed by atoms with van der Waals surface area (Å²) in [6.07, 6.45) is 8.78. The molecule has 1 heterocycles. The number of nitrogens with zero attached hydrogens (tertiary/aromatic N) is 2. The van der Waals surface area contributed by atoms with E-state index in [1.54, 1.807) is 6.20 Å². The molecule has 0 bridgehead atoms. The van der Waals surface area contributed by atoms with Crippen molar-refractivity contribution < 1.29 is 9.53 Å². The predicted octanol–water partition coefficient (Wildman–Crippen LogP) is 4.51. The minimum absolute atomic E-state index is 0.120. The average Bonchev–Trinajstić information content (AvgIpc) is 3.38. The third kappa shape index (κ3) is 4.56. The van der Waals surface area contributed by atoms with Crippen molar-refractivity contribution in [1.29, 1.82) is 0 Å². The molecule has 1 aromatic heterocycles. The first kappa shape index (κ1) is 17.3. The van der Waals surface area contributed by atoms with Crippen LogP contribution in [0, 0.1) is 0 Å². The molecule has 0 aliphatic heterocycles. The van der Waals surface area contributed by atoms with Gasteiger partial charge in [-0.05, 0) is 73.7 Å². The van der Waals surface area contributed by atoms with E-state index in [9.17, 15) is 4.79 Å². The molecule has 138 valence electrons. The van der Waals surface area contributed by atoms with E-state index in [1.807, 2.05) is 65.5 Å². The highest BCUT2D eigenvalue weighted by atomic mass is 16.5. The molecule has 4 rings (SSSR count). The Kier molecular flexibility index (Phi) is 5.19. The first-order valence-electron chi connectivity index (χ1n) is 9.41. The molecule has 3 aromatic rings. The van der Waals surface area contributed by atoms with Gasteiger partial charge in [-0.1, -0.05) is 12.1 Å². The quantitative estimate of drug-likeness (QED) is 0.703. The van der Waals surface area contributed by atoms with Crippen LogP contribution < -0.4 is 10.1 Å². The topological polar surface area (TPSA) is 56.1 Å². The maximum atomic E-state index is 12.4. The average molecular weight is 361 g/mol. The van der Waals surface area contributed by atoms with Gasteiger partial charge in [0.25, 0.3) is 5.91 Å². The molecule has 2 aromatic carbocycles. The van der Waals surface area contributed by atoms with Gasteiger partial charge in [0.05, 0.1) is 12.6 Å². The van der Waals surface area contributed by atoms with E-state index in [1.165, 1.54) is 12.8 Å². The number of ether oxygens (including phenoxy) is 1. The zero-order valence-electron chi connectivity index (χ0n) is 15.2. The third-order valence-electron chi connectivity index (χ3n) is 4.84. The minimum atomic E-state index is -0.120. The van der Waals surface area contributed by atoms with Gasteiger partial charge in [0.2, 0.25) is 0 Å². The maximum absolute atomic E-state index is 12.4. The Balaban J connectivity index is 1.34. The highest BCUT2D eigenvalue weighted by Gasteiger charge is 2.16. The molecule has 0 atom stereocenters. The Morgan fingerprint density at radius 2 is 1.81 bits per heavy atom. The van der Waals surface area contributed by atoms with E-state index in [2.05, 4.69) is 10.4 Å². The number of amides is 1. The molecule has 0 radical (unpaired) electrons. The molecule has 5 nitrogen and oxygen atoms in total. The highest BCUT2D eigenvalue weighted by Crippen LogP contribution is 2.25. The standard InChI is InChI=1S/C22H23N3O2/c26-22(18-8-6-17(7-9-18)16-25-15-3-14-23-25)24-19-10-12-21(13-11-19)27-20-4-1-2-5-20/h3,6-15,20H,1-2,4-5,16H2,(H,24,26). The summed E-state index contributed by atoms with van der Waals surface area (Å²) < 4.78 is 7.81. The zero-order valence-corrected chi connectivity index (χ0v) is 15.2. The van der Waals surface area contributed by atoms with Gasteiger partial charge in [0, 0.05) is 23.6 Å². The molecule has 1 N–H and O–H groups in total. The van der Waals surface area contributed by atoms with E-state index < -0.39 is 0 Å². The van der Waals surface area contributed by atoms with Gasteiger partial charge < -0.3 is 10.1 Å². The number of anilines is 1. The summed E-state index contributed by atoms with van der Waals surface area (Å²) in [6, 6.07) is 17.1. The number of carbonyl (C=O) groups is 1. The molecule has 0 unspecified atom stereocenters. The SMILES string of the molecule is O=C(Nc1ccc(OC2CCCC2)cc1)c1ccc(Cn2cccn2)cc1. The van der Waals surface area contributed by atoms with Crippen molar-refractivity contribution in [3.05, 3.63) is 78.1 Å². The van der Waals surface area contributed by atoms with Crippen LogP contribution in [0.4, 0.5) is 5.69 Å². The lowest BCUT2D eigenvalue weighted by atomic mass is 10.1. The number of benzene rings is 2. The van der Waals surface area contributed by atoms with Crippen LogP contribution in [-0.4, -0.2) is 21.8 Å². The van der Waals surface area contributed by atoms with Crippen LogP contribution in [-0.2, 0) is 6.54 Å². The third-order valence-corrected chi connectivity index (χ3v) is 4.84. The molecule has 1 amide bonds. The van der Waals surface area contributed by atoms with Crippen LogP contribution >= 0.6 is 0 Å². The largest absolute Gasteiger partial charge is 0.490 e. The second-order valence-electron chi connectivity index (χ2n) is 6.90. The Bertz CT molecular complexity index is 865. The van der Waals surface area contributed by atoms with E-state index in [0.717, 1.165) is 29.8 Å².